The molecule has 3 aromatic rings. The van der Waals surface area contributed by atoms with Gasteiger partial charge in [0.15, 0.2) is 0 Å². The minimum atomic E-state index is -1.22. The number of alkyl halides is 1. The second kappa shape index (κ2) is 11.5. The maximum absolute atomic E-state index is 12.8. The van der Waals surface area contributed by atoms with Gasteiger partial charge in [0.25, 0.3) is 0 Å². The lowest BCUT2D eigenvalue weighted by molar-refractivity contribution is -0.116. The Balaban J connectivity index is 1.94. The molecule has 0 bridgehead atoms. The number of rotatable bonds is 9. The minimum absolute atomic E-state index is 0.206. The molecule has 3 rings (SSSR count). The van der Waals surface area contributed by atoms with Gasteiger partial charge in [-0.1, -0.05) is 27.5 Å². The summed E-state index contributed by atoms with van der Waals surface area (Å²) < 4.78 is 0. The van der Waals surface area contributed by atoms with Gasteiger partial charge in [-0.3, -0.25) is 24.9 Å². The SMILES string of the molecule is O=C(O)Nc1ccc(-c2cc(C(=O)c3ccc(Cl)cn3)ccn2)c(NC(=O)CCCCBr)c1. The molecule has 0 atom stereocenters. The predicted octanol–water partition coefficient (Wildman–Crippen LogP) is 5.62. The topological polar surface area (TPSA) is 121 Å². The van der Waals surface area contributed by atoms with Crippen LogP contribution in [0, 0.1) is 0 Å². The van der Waals surface area contributed by atoms with Crippen molar-refractivity contribution >= 4 is 56.7 Å². The molecule has 0 saturated heterocycles. The van der Waals surface area contributed by atoms with E-state index < -0.39 is 6.09 Å². The fourth-order valence-corrected chi connectivity index (χ4v) is 3.55. The van der Waals surface area contributed by atoms with E-state index in [0.29, 0.717) is 46.1 Å². The number of carbonyl (C=O) groups excluding carboxylic acids is 2. The van der Waals surface area contributed by atoms with Gasteiger partial charge < -0.3 is 10.4 Å². The third kappa shape index (κ3) is 6.84. The zero-order valence-corrected chi connectivity index (χ0v) is 19.7. The van der Waals surface area contributed by atoms with Crippen LogP contribution in [-0.2, 0) is 4.79 Å². The number of nitrogens with zero attached hydrogens (tertiary/aromatic N) is 2. The van der Waals surface area contributed by atoms with Crippen LogP contribution < -0.4 is 10.6 Å². The Morgan fingerprint density at radius 3 is 2.52 bits per heavy atom. The third-order valence-electron chi connectivity index (χ3n) is 4.59. The van der Waals surface area contributed by atoms with Gasteiger partial charge in [0.05, 0.1) is 16.4 Å². The first kappa shape index (κ1) is 24.3. The lowest BCUT2D eigenvalue weighted by atomic mass is 10.0. The molecule has 170 valence electrons. The molecule has 0 fully saturated rings. The molecule has 0 aliphatic heterocycles. The van der Waals surface area contributed by atoms with E-state index in [9.17, 15) is 14.4 Å². The van der Waals surface area contributed by atoms with Crippen LogP contribution in [0.3, 0.4) is 0 Å². The Labute approximate surface area is 203 Å². The number of pyridine rings is 2. The lowest BCUT2D eigenvalue weighted by Crippen LogP contribution is -2.13. The summed E-state index contributed by atoms with van der Waals surface area (Å²) in [6.07, 6.45) is 3.54. The van der Waals surface area contributed by atoms with Crippen LogP contribution in [0.5, 0.6) is 0 Å². The summed E-state index contributed by atoms with van der Waals surface area (Å²) in [7, 11) is 0. The maximum Gasteiger partial charge on any atom is 0.409 e. The number of carboxylic acid groups (broad SMARTS) is 1. The zero-order valence-electron chi connectivity index (χ0n) is 17.3. The smallest absolute Gasteiger partial charge is 0.409 e. The number of benzene rings is 1. The van der Waals surface area contributed by atoms with Crippen LogP contribution in [0.2, 0.25) is 5.02 Å². The van der Waals surface area contributed by atoms with Crippen LogP contribution in [0.15, 0.2) is 54.9 Å². The van der Waals surface area contributed by atoms with Crippen molar-refractivity contribution in [3.8, 4) is 11.3 Å². The summed E-state index contributed by atoms with van der Waals surface area (Å²) >= 11 is 9.19. The van der Waals surface area contributed by atoms with Crippen molar-refractivity contribution in [1.82, 2.24) is 9.97 Å². The van der Waals surface area contributed by atoms with Gasteiger partial charge in [0.1, 0.15) is 5.69 Å². The summed E-state index contributed by atoms with van der Waals surface area (Å²) in [6.45, 7) is 0. The van der Waals surface area contributed by atoms with E-state index in [1.807, 2.05) is 0 Å². The van der Waals surface area contributed by atoms with Crippen molar-refractivity contribution in [3.63, 3.8) is 0 Å². The monoisotopic (exact) mass is 530 g/mol. The highest BCUT2D eigenvalue weighted by molar-refractivity contribution is 9.09. The molecule has 2 heterocycles. The molecule has 33 heavy (non-hydrogen) atoms. The van der Waals surface area contributed by atoms with Crippen molar-refractivity contribution in [2.75, 3.05) is 16.0 Å². The maximum atomic E-state index is 12.8. The Kier molecular flexibility index (Phi) is 8.51. The lowest BCUT2D eigenvalue weighted by Gasteiger charge is -2.13. The van der Waals surface area contributed by atoms with Crippen molar-refractivity contribution in [2.24, 2.45) is 0 Å². The minimum Gasteiger partial charge on any atom is -0.465 e. The van der Waals surface area contributed by atoms with Gasteiger partial charge in [-0.2, -0.15) is 0 Å². The normalized spacial score (nSPS) is 10.5. The molecule has 0 spiro atoms. The summed E-state index contributed by atoms with van der Waals surface area (Å²) in [5.41, 5.74) is 2.24. The molecule has 3 N–H and O–H groups in total. The van der Waals surface area contributed by atoms with E-state index in [1.165, 1.54) is 24.5 Å². The van der Waals surface area contributed by atoms with Crippen LogP contribution in [0.1, 0.15) is 35.3 Å². The van der Waals surface area contributed by atoms with E-state index >= 15 is 0 Å². The van der Waals surface area contributed by atoms with E-state index in [4.69, 9.17) is 16.7 Å². The molecule has 0 saturated carbocycles. The number of nitrogens with one attached hydrogen (secondary N) is 2. The largest absolute Gasteiger partial charge is 0.465 e. The molecule has 2 amide bonds. The number of ketones is 1. The highest BCUT2D eigenvalue weighted by Gasteiger charge is 2.16. The van der Waals surface area contributed by atoms with E-state index in [1.54, 1.807) is 30.3 Å². The number of hydrogen-bond donors (Lipinski definition) is 3. The standard InChI is InChI=1S/C23H20BrClN4O4/c24-9-2-1-3-21(30)29-20-12-16(28-23(32)33)5-6-17(20)19-11-14(8-10-26-19)22(31)18-7-4-15(25)13-27-18/h4-8,10-13,28H,1-3,9H2,(H,29,30)(H,32,33). The third-order valence-corrected chi connectivity index (χ3v) is 5.37. The van der Waals surface area contributed by atoms with E-state index in [2.05, 4.69) is 36.5 Å². The van der Waals surface area contributed by atoms with Crippen LogP contribution in [0.4, 0.5) is 16.2 Å². The first-order chi connectivity index (χ1) is 15.9. The quantitative estimate of drug-likeness (QED) is 0.187. The molecule has 10 heteroatoms. The molecule has 0 radical (unpaired) electrons. The highest BCUT2D eigenvalue weighted by atomic mass is 79.9. The number of carbonyl (C=O) groups is 3. The molecular formula is C23H20BrClN4O4. The summed E-state index contributed by atoms with van der Waals surface area (Å²) in [5.74, 6) is -0.512. The zero-order chi connectivity index (χ0) is 23.8. The van der Waals surface area contributed by atoms with Crippen molar-refractivity contribution < 1.29 is 19.5 Å². The molecule has 8 nitrogen and oxygen atoms in total. The first-order valence-corrected chi connectivity index (χ1v) is 11.5. The Hall–Kier alpha value is -3.30. The average molecular weight is 532 g/mol. The summed E-state index contributed by atoms with van der Waals surface area (Å²) in [5, 5.41) is 15.4. The second-order valence-electron chi connectivity index (χ2n) is 7.01. The van der Waals surface area contributed by atoms with Gasteiger partial charge in [-0.05, 0) is 55.3 Å². The number of anilines is 2. The molecule has 2 aromatic heterocycles. The van der Waals surface area contributed by atoms with Gasteiger partial charge in [-0.15, -0.1) is 0 Å². The van der Waals surface area contributed by atoms with Crippen LogP contribution >= 0.6 is 27.5 Å². The van der Waals surface area contributed by atoms with E-state index in [-0.39, 0.29) is 17.4 Å². The van der Waals surface area contributed by atoms with Crippen molar-refractivity contribution in [3.05, 3.63) is 71.1 Å². The number of aromatic nitrogens is 2. The second-order valence-corrected chi connectivity index (χ2v) is 8.23. The van der Waals surface area contributed by atoms with Gasteiger partial charge in [-0.25, -0.2) is 4.79 Å². The van der Waals surface area contributed by atoms with Crippen molar-refractivity contribution in [2.45, 2.75) is 19.3 Å². The Morgan fingerprint density at radius 1 is 1.00 bits per heavy atom. The van der Waals surface area contributed by atoms with Crippen LogP contribution in [-0.4, -0.2) is 38.2 Å². The first-order valence-electron chi connectivity index (χ1n) is 10.00. The number of hydrogen-bond acceptors (Lipinski definition) is 5. The Bertz CT molecular complexity index is 1170. The molecule has 0 unspecified atom stereocenters. The van der Waals surface area contributed by atoms with E-state index in [0.717, 1.165) is 11.8 Å². The van der Waals surface area contributed by atoms with Crippen molar-refractivity contribution in [1.29, 1.82) is 0 Å². The fraction of sp³-hybridized carbons (Fsp3) is 0.174. The summed E-state index contributed by atoms with van der Waals surface area (Å²) in [4.78, 5) is 44.7. The van der Waals surface area contributed by atoms with Gasteiger partial charge >= 0.3 is 6.09 Å². The van der Waals surface area contributed by atoms with Gasteiger partial charge in [0.2, 0.25) is 11.7 Å². The van der Waals surface area contributed by atoms with Gasteiger partial charge in [0, 0.05) is 41.0 Å². The number of halogens is 2. The molecular weight excluding hydrogens is 512 g/mol. The number of amides is 2. The molecule has 0 aliphatic carbocycles. The average Bonchev–Trinajstić information content (AvgIpc) is 2.79. The molecule has 0 aliphatic rings. The highest BCUT2D eigenvalue weighted by Crippen LogP contribution is 2.31. The number of unbranched alkanes of at least 4 members (excludes halogenated alkanes) is 1. The fourth-order valence-electron chi connectivity index (χ4n) is 3.04. The summed E-state index contributed by atoms with van der Waals surface area (Å²) in [6, 6.07) is 11.0. The van der Waals surface area contributed by atoms with Crippen LogP contribution in [0.25, 0.3) is 11.3 Å². The predicted molar refractivity (Wildman–Crippen MR) is 130 cm³/mol. The Morgan fingerprint density at radius 2 is 1.82 bits per heavy atom. The molecule has 1 aromatic carbocycles.